The van der Waals surface area contributed by atoms with Crippen molar-refractivity contribution in [2.45, 2.75) is 37.2 Å². The molecule has 2 saturated heterocycles. The van der Waals surface area contributed by atoms with E-state index in [-0.39, 0.29) is 38.8 Å². The highest BCUT2D eigenvalue weighted by molar-refractivity contribution is 7.89. The van der Waals surface area contributed by atoms with E-state index >= 15 is 0 Å². The van der Waals surface area contributed by atoms with Gasteiger partial charge in [0, 0.05) is 24.7 Å². The van der Waals surface area contributed by atoms with Gasteiger partial charge in [0.2, 0.25) is 10.0 Å². The van der Waals surface area contributed by atoms with E-state index < -0.39 is 32.3 Å². The number of sulfonamides is 1. The van der Waals surface area contributed by atoms with Crippen molar-refractivity contribution in [3.05, 3.63) is 34.9 Å². The predicted molar refractivity (Wildman–Crippen MR) is 103 cm³/mol. The number of amides is 1. The second-order valence-electron chi connectivity index (χ2n) is 7.18. The van der Waals surface area contributed by atoms with E-state index in [2.05, 4.69) is 0 Å². The lowest BCUT2D eigenvalue weighted by Crippen LogP contribution is -2.53. The summed E-state index contributed by atoms with van der Waals surface area (Å²) in [6.45, 7) is 0.932. The maximum atomic E-state index is 13.1. The van der Waals surface area contributed by atoms with Crippen molar-refractivity contribution >= 4 is 27.5 Å². The molecule has 0 aliphatic carbocycles. The Balaban J connectivity index is 1.58. The average molecular weight is 449 g/mol. The first-order valence-electron chi connectivity index (χ1n) is 9.44. The molecule has 0 radical (unpaired) electrons. The first kappa shape index (κ1) is 22.4. The minimum Gasteiger partial charge on any atom is -0.381 e. The first-order valence-corrected chi connectivity index (χ1v) is 11.3. The molecule has 2 aliphatic heterocycles. The number of ether oxygens (including phenoxy) is 2. The van der Waals surface area contributed by atoms with Gasteiger partial charge in [-0.2, -0.15) is 0 Å². The van der Waals surface area contributed by atoms with E-state index in [0.29, 0.717) is 24.5 Å². The van der Waals surface area contributed by atoms with Crippen LogP contribution >= 0.6 is 11.6 Å². The molecule has 29 heavy (non-hydrogen) atoms. The van der Waals surface area contributed by atoms with Crippen molar-refractivity contribution in [2.24, 2.45) is 5.92 Å². The van der Waals surface area contributed by atoms with Gasteiger partial charge >= 0.3 is 0 Å². The third kappa shape index (κ3) is 5.26. The fraction of sp³-hybridized carbons (Fsp3) is 0.611. The third-order valence-corrected chi connectivity index (χ3v) is 8.17. The molecule has 162 valence electrons. The number of carbonyl (C=O) groups is 1. The van der Waals surface area contributed by atoms with Gasteiger partial charge in [-0.05, 0) is 30.9 Å². The summed E-state index contributed by atoms with van der Waals surface area (Å²) in [4.78, 5) is 12.0. The largest absolute Gasteiger partial charge is 0.381 e. The topological polar surface area (TPSA) is 117 Å². The van der Waals surface area contributed by atoms with Crippen molar-refractivity contribution in [2.75, 3.05) is 26.3 Å². The van der Waals surface area contributed by atoms with Crippen LogP contribution in [0.3, 0.4) is 0 Å². The summed E-state index contributed by atoms with van der Waals surface area (Å²) < 4.78 is 38.6. The van der Waals surface area contributed by atoms with Crippen LogP contribution in [0.15, 0.2) is 24.3 Å². The maximum absolute atomic E-state index is 13.1. The number of benzene rings is 1. The van der Waals surface area contributed by atoms with Gasteiger partial charge in [-0.3, -0.25) is 15.2 Å². The summed E-state index contributed by atoms with van der Waals surface area (Å²) in [5, 5.41) is 17.1. The zero-order valence-corrected chi connectivity index (χ0v) is 17.4. The number of rotatable bonds is 6. The Morgan fingerprint density at radius 2 is 1.93 bits per heavy atom. The Bertz CT molecular complexity index is 812. The third-order valence-electron chi connectivity index (χ3n) is 5.38. The van der Waals surface area contributed by atoms with E-state index in [9.17, 15) is 13.2 Å². The van der Waals surface area contributed by atoms with Gasteiger partial charge in [0.25, 0.3) is 5.91 Å². The summed E-state index contributed by atoms with van der Waals surface area (Å²) in [6, 6.07) is 7.40. The average Bonchev–Trinajstić information content (AvgIpc) is 2.73. The summed E-state index contributed by atoms with van der Waals surface area (Å²) in [6.07, 6.45) is 1.08. The van der Waals surface area contributed by atoms with Gasteiger partial charge in [-0.15, -0.1) is 0 Å². The Labute approximate surface area is 174 Å². The van der Waals surface area contributed by atoms with E-state index in [1.165, 1.54) is 4.31 Å². The Kier molecular flexibility index (Phi) is 7.49. The minimum atomic E-state index is -3.80. The molecule has 9 nitrogen and oxygen atoms in total. The lowest BCUT2D eigenvalue weighted by molar-refractivity contribution is -0.289. The fourth-order valence-corrected chi connectivity index (χ4v) is 6.02. The fourth-order valence-electron chi connectivity index (χ4n) is 3.72. The highest BCUT2D eigenvalue weighted by Crippen LogP contribution is 2.29. The number of hydrogen-bond donors (Lipinski definition) is 2. The van der Waals surface area contributed by atoms with Crippen molar-refractivity contribution in [3.8, 4) is 0 Å². The van der Waals surface area contributed by atoms with Crippen LogP contribution < -0.4 is 0 Å². The molecule has 3 rings (SSSR count). The van der Waals surface area contributed by atoms with Crippen LogP contribution in [0.4, 0.5) is 0 Å². The number of hydroxylamine groups is 2. The number of carbonyl (C=O) groups excluding carboxylic acids is 1. The van der Waals surface area contributed by atoms with Crippen LogP contribution in [0.2, 0.25) is 5.02 Å². The molecular formula is C18H25ClN2O7S. The van der Waals surface area contributed by atoms with E-state index in [1.807, 2.05) is 18.2 Å². The molecule has 0 saturated carbocycles. The Hall–Kier alpha value is -1.27. The lowest BCUT2D eigenvalue weighted by atomic mass is 10.0. The molecule has 2 heterocycles. The Morgan fingerprint density at radius 1 is 1.24 bits per heavy atom. The number of hydrogen-bond acceptors (Lipinski definition) is 7. The van der Waals surface area contributed by atoms with Gasteiger partial charge in [0.1, 0.15) is 0 Å². The maximum Gasteiger partial charge on any atom is 0.279 e. The van der Waals surface area contributed by atoms with Crippen LogP contribution in [-0.2, 0) is 30.9 Å². The lowest BCUT2D eigenvalue weighted by Gasteiger charge is -2.37. The SMILES string of the molecule is O=C(C1COCCC1S(=O)(=O)N1CCC(OCc2ccccc2Cl)CC1)N(O)O. The van der Waals surface area contributed by atoms with Crippen LogP contribution in [0.1, 0.15) is 24.8 Å². The van der Waals surface area contributed by atoms with Crippen LogP contribution in [0.25, 0.3) is 0 Å². The van der Waals surface area contributed by atoms with E-state index in [0.717, 1.165) is 5.56 Å². The molecule has 2 N–H and O–H groups in total. The van der Waals surface area contributed by atoms with Gasteiger partial charge in [-0.25, -0.2) is 12.7 Å². The van der Waals surface area contributed by atoms with E-state index in [1.54, 1.807) is 6.07 Å². The summed E-state index contributed by atoms with van der Waals surface area (Å²) >= 11 is 6.13. The summed E-state index contributed by atoms with van der Waals surface area (Å²) in [7, 11) is -3.80. The number of nitrogens with zero attached hydrogens (tertiary/aromatic N) is 2. The Morgan fingerprint density at radius 3 is 2.59 bits per heavy atom. The molecule has 2 aliphatic rings. The molecule has 0 spiro atoms. The number of piperidine rings is 1. The molecule has 0 bridgehead atoms. The van der Waals surface area contributed by atoms with Crippen molar-refractivity contribution in [1.82, 2.24) is 9.53 Å². The minimum absolute atomic E-state index is 0.0878. The second-order valence-corrected chi connectivity index (χ2v) is 9.74. The molecule has 1 aromatic rings. The molecule has 2 unspecified atom stereocenters. The smallest absolute Gasteiger partial charge is 0.279 e. The quantitative estimate of drug-likeness (QED) is 0.502. The van der Waals surface area contributed by atoms with Crippen LogP contribution in [0.5, 0.6) is 0 Å². The summed E-state index contributed by atoms with van der Waals surface area (Å²) in [5.41, 5.74) is 0.880. The zero-order valence-electron chi connectivity index (χ0n) is 15.8. The molecule has 1 amide bonds. The predicted octanol–water partition coefficient (Wildman–Crippen LogP) is 1.66. The van der Waals surface area contributed by atoms with E-state index in [4.69, 9.17) is 31.5 Å². The molecular weight excluding hydrogens is 424 g/mol. The first-order chi connectivity index (χ1) is 13.8. The van der Waals surface area contributed by atoms with Gasteiger partial charge in [0.05, 0.1) is 30.5 Å². The number of halogens is 1. The van der Waals surface area contributed by atoms with Crippen molar-refractivity contribution in [3.63, 3.8) is 0 Å². The molecule has 2 fully saturated rings. The van der Waals surface area contributed by atoms with Gasteiger partial charge < -0.3 is 9.47 Å². The highest BCUT2D eigenvalue weighted by atomic mass is 35.5. The molecule has 0 aromatic heterocycles. The zero-order chi connectivity index (χ0) is 21.0. The van der Waals surface area contributed by atoms with Crippen molar-refractivity contribution < 1.29 is 33.1 Å². The molecule has 1 aromatic carbocycles. The van der Waals surface area contributed by atoms with Gasteiger partial charge in [0.15, 0.2) is 0 Å². The van der Waals surface area contributed by atoms with Crippen LogP contribution in [0, 0.1) is 5.92 Å². The van der Waals surface area contributed by atoms with Gasteiger partial charge in [-0.1, -0.05) is 35.0 Å². The standard InChI is InChI=1S/C18H25ClN2O7S/c19-16-4-2-1-3-13(16)11-28-14-5-8-20(9-6-14)29(25,26)17-7-10-27-12-15(17)18(22)21(23)24/h1-4,14-15,17,23-24H,5-12H2. The van der Waals surface area contributed by atoms with Crippen molar-refractivity contribution in [1.29, 1.82) is 0 Å². The molecule has 2 atom stereocenters. The highest BCUT2D eigenvalue weighted by Gasteiger charge is 2.45. The normalized spacial score (nSPS) is 24.4. The summed E-state index contributed by atoms with van der Waals surface area (Å²) in [5.74, 6) is -2.24. The monoisotopic (exact) mass is 448 g/mol. The second kappa shape index (κ2) is 9.69. The molecule has 11 heteroatoms. The van der Waals surface area contributed by atoms with Crippen LogP contribution in [-0.4, -0.2) is 71.9 Å².